The quantitative estimate of drug-likeness (QED) is 0.609. The van der Waals surface area contributed by atoms with Crippen LogP contribution in [-0.2, 0) is 4.79 Å². The molecule has 2 aliphatic rings. The van der Waals surface area contributed by atoms with Gasteiger partial charge in [0.15, 0.2) is 0 Å². The lowest BCUT2D eigenvalue weighted by atomic mass is 9.86. The summed E-state index contributed by atoms with van der Waals surface area (Å²) in [6.07, 6.45) is 1.04. The molecule has 1 atom stereocenters. The number of nitrogens with zero attached hydrogens (tertiary/aromatic N) is 2. The monoisotopic (exact) mass is 373 g/mol. The second-order valence-corrected chi connectivity index (χ2v) is 8.49. The molecule has 0 radical (unpaired) electrons. The number of carbonyl (C=O) groups is 3. The van der Waals surface area contributed by atoms with Crippen molar-refractivity contribution in [3.63, 3.8) is 0 Å². The average molecular weight is 373 g/mol. The highest BCUT2D eigenvalue weighted by Crippen LogP contribution is 2.43. The minimum Gasteiger partial charge on any atom is -0.356 e. The van der Waals surface area contributed by atoms with E-state index in [0.717, 1.165) is 0 Å². The van der Waals surface area contributed by atoms with Crippen molar-refractivity contribution < 1.29 is 19.6 Å². The molecule has 2 aliphatic heterocycles. The largest absolute Gasteiger partial charge is 0.356 e. The van der Waals surface area contributed by atoms with Crippen molar-refractivity contribution in [2.24, 2.45) is 5.92 Å². The zero-order valence-electron chi connectivity index (χ0n) is 16.3. The fourth-order valence-electron chi connectivity index (χ4n) is 4.19. The van der Waals surface area contributed by atoms with Gasteiger partial charge < -0.3 is 10.5 Å². The minimum atomic E-state index is -0.657. The van der Waals surface area contributed by atoms with Crippen LogP contribution in [0.5, 0.6) is 0 Å². The summed E-state index contributed by atoms with van der Waals surface area (Å²) in [5, 5.41) is 14.5. The van der Waals surface area contributed by atoms with Gasteiger partial charge in [0.1, 0.15) is 0 Å². The smallest absolute Gasteiger partial charge is 0.261 e. The lowest BCUT2D eigenvalue weighted by Crippen LogP contribution is -2.50. The van der Waals surface area contributed by atoms with Crippen LogP contribution in [0.4, 0.5) is 0 Å². The van der Waals surface area contributed by atoms with Gasteiger partial charge in [-0.15, -0.1) is 0 Å². The fourth-order valence-corrected chi connectivity index (χ4v) is 4.19. The average Bonchev–Trinajstić information content (AvgIpc) is 2.96. The number of hydroxylamine groups is 2. The van der Waals surface area contributed by atoms with E-state index in [4.69, 9.17) is 0 Å². The summed E-state index contributed by atoms with van der Waals surface area (Å²) in [7, 11) is 0. The number of carbonyl (C=O) groups excluding carboxylic acids is 3. The molecule has 1 aromatic rings. The molecule has 3 amide bonds. The Hall–Kier alpha value is -2.25. The van der Waals surface area contributed by atoms with Gasteiger partial charge in [0.05, 0.1) is 22.6 Å². The summed E-state index contributed by atoms with van der Waals surface area (Å²) in [6, 6.07) is 6.79. The summed E-state index contributed by atoms with van der Waals surface area (Å²) in [6.45, 7) is 8.15. The lowest BCUT2D eigenvalue weighted by molar-refractivity contribution is -0.197. The van der Waals surface area contributed by atoms with E-state index < -0.39 is 11.1 Å². The summed E-state index contributed by atoms with van der Waals surface area (Å²) in [5.74, 6) is -1.02. The molecule has 0 spiro atoms. The number of benzene rings is 1. The molecule has 3 rings (SSSR count). The van der Waals surface area contributed by atoms with Crippen LogP contribution in [0, 0.1) is 5.92 Å². The molecule has 1 aromatic carbocycles. The molecule has 27 heavy (non-hydrogen) atoms. The first-order valence-electron chi connectivity index (χ1n) is 9.29. The zero-order chi connectivity index (χ0) is 20.0. The van der Waals surface area contributed by atoms with E-state index in [1.54, 1.807) is 24.3 Å². The third kappa shape index (κ3) is 3.26. The van der Waals surface area contributed by atoms with E-state index in [0.29, 0.717) is 30.5 Å². The zero-order valence-corrected chi connectivity index (χ0v) is 16.3. The van der Waals surface area contributed by atoms with Crippen LogP contribution in [0.2, 0.25) is 0 Å². The van der Waals surface area contributed by atoms with E-state index >= 15 is 0 Å². The Bertz CT molecular complexity index is 752. The van der Waals surface area contributed by atoms with Crippen molar-refractivity contribution in [3.05, 3.63) is 35.4 Å². The second-order valence-electron chi connectivity index (χ2n) is 8.49. The lowest BCUT2D eigenvalue weighted by Gasteiger charge is -2.35. The first kappa shape index (κ1) is 19.5. The van der Waals surface area contributed by atoms with Gasteiger partial charge in [-0.1, -0.05) is 12.1 Å². The molecule has 0 saturated carbocycles. The maximum Gasteiger partial charge on any atom is 0.261 e. The predicted octanol–water partition coefficient (Wildman–Crippen LogP) is 2.06. The van der Waals surface area contributed by atoms with E-state index in [9.17, 15) is 19.6 Å². The number of amides is 3. The topological polar surface area (TPSA) is 90.0 Å². The van der Waals surface area contributed by atoms with Gasteiger partial charge in [0, 0.05) is 18.6 Å². The molecule has 1 fully saturated rings. The maximum atomic E-state index is 12.6. The van der Waals surface area contributed by atoms with Crippen LogP contribution in [-0.4, -0.2) is 57.1 Å². The SMILES string of the molecule is CC1(C)CC(C(=O)NCCCN2C(=O)c3ccccc3C2=O)C(C)(C)N1O. The normalized spacial score (nSPS) is 23.6. The predicted molar refractivity (Wildman–Crippen MR) is 99.3 cm³/mol. The number of nitrogens with one attached hydrogen (secondary N) is 1. The van der Waals surface area contributed by atoms with E-state index in [1.807, 2.05) is 27.7 Å². The van der Waals surface area contributed by atoms with Crippen LogP contribution >= 0.6 is 0 Å². The third-order valence-corrected chi connectivity index (χ3v) is 5.73. The first-order valence-corrected chi connectivity index (χ1v) is 9.29. The van der Waals surface area contributed by atoms with E-state index in [1.165, 1.54) is 9.96 Å². The number of rotatable bonds is 5. The molecular weight excluding hydrogens is 346 g/mol. The van der Waals surface area contributed by atoms with Crippen molar-refractivity contribution >= 4 is 17.7 Å². The molecule has 0 aliphatic carbocycles. The minimum absolute atomic E-state index is 0.119. The molecule has 1 unspecified atom stereocenters. The van der Waals surface area contributed by atoms with Gasteiger partial charge in [-0.2, -0.15) is 5.06 Å². The highest BCUT2D eigenvalue weighted by atomic mass is 16.5. The van der Waals surface area contributed by atoms with Gasteiger partial charge in [-0.05, 0) is 52.7 Å². The van der Waals surface area contributed by atoms with Crippen LogP contribution in [0.25, 0.3) is 0 Å². The van der Waals surface area contributed by atoms with Gasteiger partial charge in [0.2, 0.25) is 5.91 Å². The van der Waals surface area contributed by atoms with E-state index in [-0.39, 0.29) is 30.2 Å². The number of fused-ring (bicyclic) bond motifs is 1. The number of hydrogen-bond acceptors (Lipinski definition) is 5. The summed E-state index contributed by atoms with van der Waals surface area (Å²) >= 11 is 0. The summed E-state index contributed by atoms with van der Waals surface area (Å²) in [4.78, 5) is 38.5. The van der Waals surface area contributed by atoms with Crippen LogP contribution < -0.4 is 5.32 Å². The third-order valence-electron chi connectivity index (χ3n) is 5.73. The molecule has 146 valence electrons. The molecule has 1 saturated heterocycles. The maximum absolute atomic E-state index is 12.6. The molecule has 7 nitrogen and oxygen atoms in total. The summed E-state index contributed by atoms with van der Waals surface area (Å²) in [5.41, 5.74) is -0.254. The Morgan fingerprint density at radius 2 is 1.70 bits per heavy atom. The second kappa shape index (κ2) is 6.73. The van der Waals surface area contributed by atoms with Crippen molar-refractivity contribution in [3.8, 4) is 0 Å². The fraction of sp³-hybridized carbons (Fsp3) is 0.550. The molecular formula is C20H27N3O4. The number of hydrogen-bond donors (Lipinski definition) is 2. The highest BCUT2D eigenvalue weighted by molar-refractivity contribution is 6.21. The highest BCUT2D eigenvalue weighted by Gasteiger charge is 2.54. The number of imide groups is 1. The molecule has 0 bridgehead atoms. The summed E-state index contributed by atoms with van der Waals surface area (Å²) < 4.78 is 0. The van der Waals surface area contributed by atoms with Gasteiger partial charge in [0.25, 0.3) is 11.8 Å². The van der Waals surface area contributed by atoms with Crippen molar-refractivity contribution in [2.45, 2.75) is 51.6 Å². The molecule has 0 aromatic heterocycles. The Morgan fingerprint density at radius 1 is 1.15 bits per heavy atom. The van der Waals surface area contributed by atoms with Crippen LogP contribution in [0.1, 0.15) is 61.3 Å². The van der Waals surface area contributed by atoms with Crippen molar-refractivity contribution in [1.29, 1.82) is 0 Å². The molecule has 7 heteroatoms. The molecule has 2 N–H and O–H groups in total. The Morgan fingerprint density at radius 3 is 2.19 bits per heavy atom. The Labute approximate surface area is 159 Å². The van der Waals surface area contributed by atoms with Gasteiger partial charge in [-0.3, -0.25) is 19.3 Å². The first-order chi connectivity index (χ1) is 12.6. The Kier molecular flexibility index (Phi) is 4.86. The van der Waals surface area contributed by atoms with Crippen LogP contribution in [0.3, 0.4) is 0 Å². The van der Waals surface area contributed by atoms with Crippen LogP contribution in [0.15, 0.2) is 24.3 Å². The van der Waals surface area contributed by atoms with Gasteiger partial charge in [-0.25, -0.2) is 0 Å². The standard InChI is InChI=1S/C20H27N3O4/c1-19(2)12-15(20(3,4)23(19)27)16(24)21-10-7-11-22-17(25)13-8-5-6-9-14(13)18(22)26/h5-6,8-9,15,27H,7,10-12H2,1-4H3,(H,21,24). The molecule has 2 heterocycles. The van der Waals surface area contributed by atoms with E-state index in [2.05, 4.69) is 5.32 Å². The van der Waals surface area contributed by atoms with Crippen molar-refractivity contribution in [1.82, 2.24) is 15.3 Å². The van der Waals surface area contributed by atoms with Gasteiger partial charge >= 0.3 is 0 Å². The Balaban J connectivity index is 1.52. The van der Waals surface area contributed by atoms with Crippen molar-refractivity contribution in [2.75, 3.05) is 13.1 Å².